The van der Waals surface area contributed by atoms with Crippen molar-refractivity contribution in [1.29, 1.82) is 0 Å². The van der Waals surface area contributed by atoms with E-state index in [2.05, 4.69) is 201 Å². The molecule has 2 aliphatic rings. The van der Waals surface area contributed by atoms with Crippen molar-refractivity contribution < 1.29 is 8.83 Å². The van der Waals surface area contributed by atoms with Gasteiger partial charge in [0.25, 0.3) is 0 Å². The number of para-hydroxylation sites is 3. The molecule has 4 nitrogen and oxygen atoms in total. The lowest BCUT2D eigenvalue weighted by atomic mass is 9.81. The first-order chi connectivity index (χ1) is 29.3. The van der Waals surface area contributed by atoms with Crippen molar-refractivity contribution in [2.45, 2.75) is 38.5 Å². The van der Waals surface area contributed by atoms with E-state index in [1.54, 1.807) is 0 Å². The first-order valence-electron chi connectivity index (χ1n) is 20.9. The Kier molecular flexibility index (Phi) is 6.55. The van der Waals surface area contributed by atoms with Gasteiger partial charge >= 0.3 is 0 Å². The van der Waals surface area contributed by atoms with Gasteiger partial charge in [-0.05, 0) is 88.0 Å². The number of benzene rings is 8. The van der Waals surface area contributed by atoms with E-state index in [0.717, 1.165) is 72.1 Å². The number of aromatic nitrogens is 1. The molecule has 2 aliphatic carbocycles. The van der Waals surface area contributed by atoms with E-state index in [4.69, 9.17) is 8.83 Å². The van der Waals surface area contributed by atoms with E-state index < -0.39 is 0 Å². The van der Waals surface area contributed by atoms with Crippen molar-refractivity contribution in [3.8, 4) is 28.1 Å². The number of hydrogen-bond acceptors (Lipinski definition) is 3. The molecule has 0 unspecified atom stereocenters. The summed E-state index contributed by atoms with van der Waals surface area (Å²) in [6, 6.07) is 61.6. The summed E-state index contributed by atoms with van der Waals surface area (Å²) in [6.45, 7) is 9.47. The fourth-order valence-corrected chi connectivity index (χ4v) is 11.0. The van der Waals surface area contributed by atoms with Crippen LogP contribution in [0.3, 0.4) is 0 Å². The third-order valence-corrected chi connectivity index (χ3v) is 13.7. The Balaban J connectivity index is 1.15. The Morgan fingerprint density at radius 2 is 1.07 bits per heavy atom. The van der Waals surface area contributed by atoms with Gasteiger partial charge in [-0.25, -0.2) is 0 Å². The van der Waals surface area contributed by atoms with Crippen molar-refractivity contribution in [3.63, 3.8) is 0 Å². The van der Waals surface area contributed by atoms with Gasteiger partial charge in [0.05, 0.1) is 22.6 Å². The van der Waals surface area contributed by atoms with Crippen LogP contribution < -0.4 is 4.90 Å². The van der Waals surface area contributed by atoms with E-state index in [1.165, 1.54) is 50.0 Å². The third-order valence-electron chi connectivity index (χ3n) is 13.7. The van der Waals surface area contributed by atoms with E-state index in [-0.39, 0.29) is 10.8 Å². The van der Waals surface area contributed by atoms with Gasteiger partial charge < -0.3 is 18.3 Å². The highest BCUT2D eigenvalue weighted by Crippen LogP contribution is 2.58. The molecule has 0 spiro atoms. The number of nitrogens with zero attached hydrogens (tertiary/aromatic N) is 2. The second kappa shape index (κ2) is 11.7. The maximum atomic E-state index is 7.08. The molecule has 0 fully saturated rings. The fourth-order valence-electron chi connectivity index (χ4n) is 11.0. The number of furan rings is 2. The summed E-state index contributed by atoms with van der Waals surface area (Å²) in [7, 11) is 0. The molecular formula is C56H40N2O2. The highest BCUT2D eigenvalue weighted by Gasteiger charge is 2.42. The van der Waals surface area contributed by atoms with Crippen molar-refractivity contribution in [2.75, 3.05) is 4.90 Å². The lowest BCUT2D eigenvalue weighted by Gasteiger charge is -2.29. The van der Waals surface area contributed by atoms with Crippen LogP contribution in [-0.2, 0) is 10.8 Å². The second-order valence-corrected chi connectivity index (χ2v) is 17.7. The van der Waals surface area contributed by atoms with Gasteiger partial charge in [-0.2, -0.15) is 0 Å². The van der Waals surface area contributed by atoms with Crippen LogP contribution in [0.15, 0.2) is 179 Å². The van der Waals surface area contributed by atoms with E-state index >= 15 is 0 Å². The molecule has 0 amide bonds. The first-order valence-corrected chi connectivity index (χ1v) is 20.9. The Hall–Kier alpha value is -7.30. The zero-order chi connectivity index (χ0) is 40.1. The summed E-state index contributed by atoms with van der Waals surface area (Å²) in [4.78, 5) is 2.41. The molecule has 286 valence electrons. The Morgan fingerprint density at radius 1 is 0.467 bits per heavy atom. The monoisotopic (exact) mass is 772 g/mol. The van der Waals surface area contributed by atoms with Crippen LogP contribution >= 0.6 is 0 Å². The van der Waals surface area contributed by atoms with Gasteiger partial charge in [0.2, 0.25) is 0 Å². The molecule has 0 aliphatic heterocycles. The molecule has 0 N–H and O–H groups in total. The van der Waals surface area contributed by atoms with Crippen LogP contribution in [-0.4, -0.2) is 4.57 Å². The van der Waals surface area contributed by atoms with Crippen LogP contribution in [0.25, 0.3) is 82.9 Å². The summed E-state index contributed by atoms with van der Waals surface area (Å²) in [5.41, 5.74) is 18.8. The van der Waals surface area contributed by atoms with Crippen LogP contribution in [0.2, 0.25) is 0 Å². The molecule has 8 aromatic carbocycles. The molecule has 0 radical (unpaired) electrons. The van der Waals surface area contributed by atoms with Crippen LogP contribution in [0.1, 0.15) is 49.9 Å². The summed E-state index contributed by atoms with van der Waals surface area (Å²) >= 11 is 0. The highest BCUT2D eigenvalue weighted by molar-refractivity contribution is 6.19. The lowest BCUT2D eigenvalue weighted by molar-refractivity contribution is 0.656. The van der Waals surface area contributed by atoms with E-state index in [0.29, 0.717) is 0 Å². The first kappa shape index (κ1) is 33.6. The average Bonchev–Trinajstić information content (AvgIpc) is 4.05. The number of anilines is 3. The lowest BCUT2D eigenvalue weighted by Crippen LogP contribution is -2.17. The molecule has 3 heterocycles. The normalized spacial score (nSPS) is 14.6. The van der Waals surface area contributed by atoms with Crippen LogP contribution in [0.4, 0.5) is 17.1 Å². The van der Waals surface area contributed by atoms with Gasteiger partial charge in [0.15, 0.2) is 5.58 Å². The standard InChI is InChI=1S/C56H40N2O2/c1-55(2)42-22-12-8-19-38(42)50-44(55)32-46(54-51(50)41-21-11-15-25-48(41)60-54)57(35-26-28-37-36-18-10-14-24-47(36)59-49(37)31-35)34-27-29-40-45(30-34)58(33-16-6-5-7-17-33)53-39-20-9-13-23-43(39)56(3,4)52(40)53/h5-32H,1-4H3. The average molecular weight is 773 g/mol. The van der Waals surface area contributed by atoms with Gasteiger partial charge in [-0.15, -0.1) is 0 Å². The molecule has 0 atom stereocenters. The quantitative estimate of drug-likeness (QED) is 0.179. The molecule has 0 bridgehead atoms. The minimum absolute atomic E-state index is 0.182. The molecule has 60 heavy (non-hydrogen) atoms. The van der Waals surface area contributed by atoms with Crippen molar-refractivity contribution in [3.05, 3.63) is 192 Å². The Morgan fingerprint density at radius 3 is 1.85 bits per heavy atom. The largest absolute Gasteiger partial charge is 0.456 e. The van der Waals surface area contributed by atoms with Gasteiger partial charge in [0, 0.05) is 60.8 Å². The molecular weight excluding hydrogens is 733 g/mol. The van der Waals surface area contributed by atoms with Crippen LogP contribution in [0, 0.1) is 0 Å². The summed E-state index contributed by atoms with van der Waals surface area (Å²) < 4.78 is 16.2. The molecule has 11 aromatic rings. The summed E-state index contributed by atoms with van der Waals surface area (Å²) in [5.74, 6) is 0. The molecule has 13 rings (SSSR count). The minimum Gasteiger partial charge on any atom is -0.456 e. The second-order valence-electron chi connectivity index (χ2n) is 17.7. The topological polar surface area (TPSA) is 34.5 Å². The zero-order valence-electron chi connectivity index (χ0n) is 33.9. The highest BCUT2D eigenvalue weighted by atomic mass is 16.3. The van der Waals surface area contributed by atoms with E-state index in [1.807, 2.05) is 6.07 Å². The molecule has 4 heteroatoms. The van der Waals surface area contributed by atoms with Gasteiger partial charge in [-0.3, -0.25) is 0 Å². The summed E-state index contributed by atoms with van der Waals surface area (Å²) in [5, 5.41) is 5.74. The predicted octanol–water partition coefficient (Wildman–Crippen LogP) is 15.5. The smallest absolute Gasteiger partial charge is 0.160 e. The summed E-state index contributed by atoms with van der Waals surface area (Å²) in [6.07, 6.45) is 0. The number of fused-ring (bicyclic) bond motifs is 15. The van der Waals surface area contributed by atoms with Gasteiger partial charge in [-0.1, -0.05) is 137 Å². The predicted molar refractivity (Wildman–Crippen MR) is 248 cm³/mol. The van der Waals surface area contributed by atoms with E-state index in [9.17, 15) is 0 Å². The maximum absolute atomic E-state index is 7.08. The minimum atomic E-state index is -0.243. The SMILES string of the molecule is CC1(C)c2ccccc2-c2c1cc(N(c1ccc3c(c1)oc1ccccc13)c1ccc3c4c(n(-c5ccccc5)c3c1)-c1ccccc1C4(C)C)c1oc3ccccc3c21. The number of rotatable bonds is 4. The third kappa shape index (κ3) is 4.30. The maximum Gasteiger partial charge on any atom is 0.160 e. The Labute approximate surface area is 347 Å². The van der Waals surface area contributed by atoms with Crippen molar-refractivity contribution >= 4 is 71.8 Å². The molecule has 0 saturated heterocycles. The fraction of sp³-hybridized carbons (Fsp3) is 0.107. The van der Waals surface area contributed by atoms with Crippen LogP contribution in [0.5, 0.6) is 0 Å². The molecule has 3 aromatic heterocycles. The Bertz CT molecular complexity index is 3610. The number of hydrogen-bond donors (Lipinski definition) is 0. The van der Waals surface area contributed by atoms with Crippen molar-refractivity contribution in [1.82, 2.24) is 4.57 Å². The van der Waals surface area contributed by atoms with Crippen molar-refractivity contribution in [2.24, 2.45) is 0 Å². The van der Waals surface area contributed by atoms with Gasteiger partial charge in [0.1, 0.15) is 16.7 Å². The zero-order valence-corrected chi connectivity index (χ0v) is 33.9. The molecule has 0 saturated carbocycles.